The Hall–Kier alpha value is -3.48. The standard InChI is InChI=1S/C21H24N6O6/c1-21(2)32-17-16(30-12-6-4-3-5-10(12)22)15(31-20(17)33-21)11(7-13(28)29)27-9-26-14-18(23)24-8-25-19(14)27/h3-6,8-9,11,15-17,20H,7,22H2,1-2H3,(H,28,29)(H2,23,24,25)/t11-,15+,16-,17+,20+/m0/s1. The molecule has 1 aromatic carbocycles. The van der Waals surface area contributed by atoms with Gasteiger partial charge in [0.05, 0.1) is 24.5 Å². The molecule has 0 aliphatic carbocycles. The molecule has 5 N–H and O–H groups in total. The van der Waals surface area contributed by atoms with Crippen LogP contribution >= 0.6 is 0 Å². The lowest BCUT2D eigenvalue weighted by Gasteiger charge is -2.31. The molecular weight excluding hydrogens is 432 g/mol. The van der Waals surface area contributed by atoms with E-state index in [2.05, 4.69) is 15.0 Å². The quantitative estimate of drug-likeness (QED) is 0.457. The average molecular weight is 456 g/mol. The van der Waals surface area contributed by atoms with Gasteiger partial charge in [0.15, 0.2) is 35.8 Å². The minimum absolute atomic E-state index is 0.190. The van der Waals surface area contributed by atoms with Crippen LogP contribution in [-0.2, 0) is 19.0 Å². The fourth-order valence-electron chi connectivity index (χ4n) is 4.35. The topological polar surface area (TPSA) is 170 Å². The van der Waals surface area contributed by atoms with Crippen molar-refractivity contribution in [3.63, 3.8) is 0 Å². The van der Waals surface area contributed by atoms with Crippen LogP contribution in [0.25, 0.3) is 11.2 Å². The summed E-state index contributed by atoms with van der Waals surface area (Å²) in [5.74, 6) is -1.31. The number of imidazole rings is 1. The highest BCUT2D eigenvalue weighted by Gasteiger charge is 2.58. The number of aliphatic carboxylic acids is 1. The Kier molecular flexibility index (Phi) is 5.07. The molecule has 5 rings (SSSR count). The number of para-hydroxylation sites is 2. The molecule has 0 spiro atoms. The number of carbonyl (C=O) groups is 1. The smallest absolute Gasteiger partial charge is 0.305 e. The van der Waals surface area contributed by atoms with Gasteiger partial charge in [0.2, 0.25) is 0 Å². The number of hydrogen-bond acceptors (Lipinski definition) is 10. The van der Waals surface area contributed by atoms with E-state index in [1.54, 1.807) is 42.7 Å². The second-order valence-electron chi connectivity index (χ2n) is 8.44. The first-order chi connectivity index (χ1) is 15.7. The van der Waals surface area contributed by atoms with Crippen LogP contribution in [0.4, 0.5) is 11.5 Å². The number of ether oxygens (including phenoxy) is 4. The van der Waals surface area contributed by atoms with Crippen LogP contribution in [0.15, 0.2) is 36.9 Å². The summed E-state index contributed by atoms with van der Waals surface area (Å²) < 4.78 is 26.1. The number of fused-ring (bicyclic) bond motifs is 2. The second kappa shape index (κ2) is 7.83. The fourth-order valence-corrected chi connectivity index (χ4v) is 4.35. The monoisotopic (exact) mass is 456 g/mol. The number of anilines is 2. The summed E-state index contributed by atoms with van der Waals surface area (Å²) in [7, 11) is 0. The molecule has 2 fully saturated rings. The Labute approximate surface area is 188 Å². The van der Waals surface area contributed by atoms with E-state index in [0.717, 1.165) is 0 Å². The van der Waals surface area contributed by atoms with E-state index < -0.39 is 42.4 Å². The first-order valence-corrected chi connectivity index (χ1v) is 10.4. The van der Waals surface area contributed by atoms with Crippen LogP contribution in [0.3, 0.4) is 0 Å². The summed E-state index contributed by atoms with van der Waals surface area (Å²) in [4.78, 5) is 24.3. The van der Waals surface area contributed by atoms with Crippen molar-refractivity contribution in [1.29, 1.82) is 0 Å². The Balaban J connectivity index is 1.57. The van der Waals surface area contributed by atoms with Gasteiger partial charge in [-0.05, 0) is 26.0 Å². The second-order valence-corrected chi connectivity index (χ2v) is 8.44. The molecule has 12 heteroatoms. The number of nitrogens with two attached hydrogens (primary N) is 2. The summed E-state index contributed by atoms with van der Waals surface area (Å²) in [6.45, 7) is 3.55. The highest BCUT2D eigenvalue weighted by Crippen LogP contribution is 2.43. The Bertz CT molecular complexity index is 1200. The van der Waals surface area contributed by atoms with Gasteiger partial charge in [-0.3, -0.25) is 4.79 Å². The molecule has 2 aromatic heterocycles. The number of carboxylic acids is 1. The van der Waals surface area contributed by atoms with E-state index in [1.165, 1.54) is 12.7 Å². The maximum atomic E-state index is 11.9. The van der Waals surface area contributed by atoms with E-state index in [-0.39, 0.29) is 12.2 Å². The first-order valence-electron chi connectivity index (χ1n) is 10.4. The molecule has 0 unspecified atom stereocenters. The lowest BCUT2D eigenvalue weighted by atomic mass is 10.00. The van der Waals surface area contributed by atoms with Crippen molar-refractivity contribution in [2.45, 2.75) is 56.7 Å². The van der Waals surface area contributed by atoms with Crippen LogP contribution in [-0.4, -0.2) is 61.0 Å². The molecule has 3 aromatic rings. The third kappa shape index (κ3) is 3.81. The number of rotatable bonds is 6. The van der Waals surface area contributed by atoms with Crippen molar-refractivity contribution in [2.24, 2.45) is 0 Å². The summed E-state index contributed by atoms with van der Waals surface area (Å²) in [6, 6.07) is 6.26. The third-order valence-electron chi connectivity index (χ3n) is 5.72. The highest BCUT2D eigenvalue weighted by molar-refractivity contribution is 5.81. The van der Waals surface area contributed by atoms with E-state index in [0.29, 0.717) is 22.6 Å². The zero-order chi connectivity index (χ0) is 23.3. The molecule has 0 saturated carbocycles. The lowest BCUT2D eigenvalue weighted by molar-refractivity contribution is -0.218. The Morgan fingerprint density at radius 3 is 2.79 bits per heavy atom. The predicted octanol–water partition coefficient (Wildman–Crippen LogP) is 1.33. The van der Waals surface area contributed by atoms with E-state index in [4.69, 9.17) is 30.4 Å². The van der Waals surface area contributed by atoms with Gasteiger partial charge in [0.25, 0.3) is 0 Å². The SMILES string of the molecule is CC1(C)O[C@H]2O[C@H]([C@H](CC(=O)O)n3cnc4c(N)ncnc43)[C@H](Oc3ccccc3N)[C@H]2O1. The number of aromatic nitrogens is 4. The van der Waals surface area contributed by atoms with Gasteiger partial charge >= 0.3 is 5.97 Å². The zero-order valence-corrected chi connectivity index (χ0v) is 18.0. The molecular formula is C21H24N6O6. The number of nitrogens with zero attached hydrogens (tertiary/aromatic N) is 4. The molecule has 174 valence electrons. The molecule has 2 aliphatic heterocycles. The summed E-state index contributed by atoms with van der Waals surface area (Å²) in [5.41, 5.74) is 13.2. The van der Waals surface area contributed by atoms with Crippen molar-refractivity contribution < 1.29 is 28.8 Å². The summed E-state index contributed by atoms with van der Waals surface area (Å²) in [6.07, 6.45) is -0.428. The van der Waals surface area contributed by atoms with Gasteiger partial charge in [-0.2, -0.15) is 0 Å². The highest BCUT2D eigenvalue weighted by atomic mass is 16.8. The van der Waals surface area contributed by atoms with E-state index >= 15 is 0 Å². The molecule has 2 aliphatic rings. The van der Waals surface area contributed by atoms with Gasteiger partial charge < -0.3 is 40.1 Å². The minimum Gasteiger partial charge on any atom is -0.483 e. The zero-order valence-electron chi connectivity index (χ0n) is 18.0. The Morgan fingerprint density at radius 1 is 1.24 bits per heavy atom. The van der Waals surface area contributed by atoms with Gasteiger partial charge in [-0.15, -0.1) is 0 Å². The van der Waals surface area contributed by atoms with Crippen LogP contribution in [0.2, 0.25) is 0 Å². The van der Waals surface area contributed by atoms with Crippen LogP contribution in [0.5, 0.6) is 5.75 Å². The number of carboxylic acid groups (broad SMARTS) is 1. The molecule has 12 nitrogen and oxygen atoms in total. The van der Waals surface area contributed by atoms with Crippen molar-refractivity contribution in [1.82, 2.24) is 19.5 Å². The van der Waals surface area contributed by atoms with Crippen LogP contribution < -0.4 is 16.2 Å². The molecule has 0 amide bonds. The summed E-state index contributed by atoms with van der Waals surface area (Å²) in [5, 5.41) is 9.71. The number of hydrogen-bond donors (Lipinski definition) is 3. The van der Waals surface area contributed by atoms with Crippen molar-refractivity contribution in [3.05, 3.63) is 36.9 Å². The van der Waals surface area contributed by atoms with E-state index in [1.807, 2.05) is 0 Å². The maximum absolute atomic E-state index is 11.9. The Morgan fingerprint density at radius 2 is 2.03 bits per heavy atom. The van der Waals surface area contributed by atoms with E-state index in [9.17, 15) is 9.90 Å². The number of nitrogen functional groups attached to an aromatic ring is 2. The van der Waals surface area contributed by atoms with Gasteiger partial charge in [0.1, 0.15) is 23.7 Å². The van der Waals surface area contributed by atoms with Crippen molar-refractivity contribution in [2.75, 3.05) is 11.5 Å². The molecule has 2 saturated heterocycles. The fraction of sp³-hybridized carbons (Fsp3) is 0.429. The molecule has 5 atom stereocenters. The minimum atomic E-state index is -1.04. The van der Waals surface area contributed by atoms with Crippen LogP contribution in [0, 0.1) is 0 Å². The molecule has 0 bridgehead atoms. The lowest BCUT2D eigenvalue weighted by Crippen LogP contribution is -2.43. The molecule has 0 radical (unpaired) electrons. The predicted molar refractivity (Wildman–Crippen MR) is 115 cm³/mol. The van der Waals surface area contributed by atoms with Crippen molar-refractivity contribution >= 4 is 28.6 Å². The average Bonchev–Trinajstić information content (AvgIpc) is 3.39. The summed E-state index contributed by atoms with van der Waals surface area (Å²) >= 11 is 0. The number of benzene rings is 1. The maximum Gasteiger partial charge on any atom is 0.305 e. The van der Waals surface area contributed by atoms with Crippen LogP contribution in [0.1, 0.15) is 26.3 Å². The molecule has 4 heterocycles. The van der Waals surface area contributed by atoms with Gasteiger partial charge in [-0.25, -0.2) is 15.0 Å². The molecule has 33 heavy (non-hydrogen) atoms. The first kappa shape index (κ1) is 21.4. The van der Waals surface area contributed by atoms with Gasteiger partial charge in [0, 0.05) is 0 Å². The third-order valence-corrected chi connectivity index (χ3v) is 5.72. The van der Waals surface area contributed by atoms with Gasteiger partial charge in [-0.1, -0.05) is 12.1 Å². The van der Waals surface area contributed by atoms with Crippen molar-refractivity contribution in [3.8, 4) is 5.75 Å². The largest absolute Gasteiger partial charge is 0.483 e. The normalized spacial score (nSPS) is 26.8.